The molecular weight excluding hydrogens is 597 g/mol. The number of hydrogen-bond acceptors (Lipinski definition) is 4. The summed E-state index contributed by atoms with van der Waals surface area (Å²) in [5, 5.41) is 10.6. The number of carbonyl (C=O) groups excluding carboxylic acids is 1. The van der Waals surface area contributed by atoms with Crippen molar-refractivity contribution in [3.05, 3.63) is 50.8 Å². The number of alkyl halides is 9. The molecule has 2 aromatic rings. The number of benzene rings is 2. The van der Waals surface area contributed by atoms with E-state index in [1.54, 1.807) is 0 Å². The molecule has 2 rings (SSSR count). The summed E-state index contributed by atoms with van der Waals surface area (Å²) in [4.78, 5) is 12.4. The summed E-state index contributed by atoms with van der Waals surface area (Å²) in [6, 6.07) is 2.64. The van der Waals surface area contributed by atoms with Gasteiger partial charge in [-0.05, 0) is 46.9 Å². The van der Waals surface area contributed by atoms with Gasteiger partial charge in [0.25, 0.3) is 5.91 Å². The number of amides is 1. The molecule has 0 aliphatic rings. The third-order valence-electron chi connectivity index (χ3n) is 4.05. The summed E-state index contributed by atoms with van der Waals surface area (Å²) in [5.74, 6) is -4.20. The Bertz CT molecular complexity index is 1030. The van der Waals surface area contributed by atoms with E-state index in [0.29, 0.717) is 0 Å². The van der Waals surface area contributed by atoms with Gasteiger partial charge in [-0.25, -0.2) is 8.78 Å². The second kappa shape index (κ2) is 9.40. The van der Waals surface area contributed by atoms with E-state index in [2.05, 4.69) is 4.74 Å². The molecule has 2 aromatic carbocycles. The Balaban J connectivity index is 2.65. The fraction of sp³-hybridized carbons (Fsp3) is 0.235. The first-order valence-corrected chi connectivity index (χ1v) is 9.23. The molecule has 3 N–H and O–H groups in total. The van der Waals surface area contributed by atoms with Crippen LogP contribution in [0.2, 0.25) is 0 Å². The van der Waals surface area contributed by atoms with Gasteiger partial charge in [0, 0.05) is 9.13 Å². The molecule has 0 unspecified atom stereocenters. The zero-order chi connectivity index (χ0) is 25.4. The first-order chi connectivity index (χ1) is 15.0. The van der Waals surface area contributed by atoms with E-state index in [9.17, 15) is 48.7 Å². The minimum Gasteiger partial charge on any atom is -0.433 e. The van der Waals surface area contributed by atoms with Crippen LogP contribution in [0.15, 0.2) is 30.3 Å². The highest BCUT2D eigenvalue weighted by atomic mass is 127. The molecule has 0 fully saturated rings. The van der Waals surface area contributed by atoms with E-state index >= 15 is 0 Å². The molecule has 0 saturated heterocycles. The van der Waals surface area contributed by atoms with E-state index in [1.165, 1.54) is 5.48 Å². The topological polar surface area (TPSA) is 70.6 Å². The molecule has 182 valence electrons. The molecule has 0 aromatic heterocycles. The van der Waals surface area contributed by atoms with Crippen LogP contribution in [0.4, 0.5) is 55.3 Å². The van der Waals surface area contributed by atoms with Crippen molar-refractivity contribution in [1.29, 1.82) is 0 Å². The maximum Gasteiger partial charge on any atom is 0.435 e. The van der Waals surface area contributed by atoms with Gasteiger partial charge in [0.05, 0.1) is 16.9 Å². The van der Waals surface area contributed by atoms with Gasteiger partial charge in [-0.2, -0.15) is 35.1 Å². The summed E-state index contributed by atoms with van der Waals surface area (Å²) in [6.45, 7) is -3.81. The lowest BCUT2D eigenvalue weighted by Crippen LogP contribution is -2.50. The van der Waals surface area contributed by atoms with Gasteiger partial charge in [0.1, 0.15) is 0 Å². The number of carbonyl (C=O) groups is 1. The largest absolute Gasteiger partial charge is 0.435 e. The SMILES string of the molecule is O=C(Nc1c(I)cc(C(F)(C(F)(F)F)C(F)(F)F)cc1OC(F)F)c1cccc(NO)c1F. The molecule has 0 aliphatic heterocycles. The quantitative estimate of drug-likeness (QED) is 0.203. The molecule has 0 atom stereocenters. The zero-order valence-electron chi connectivity index (χ0n) is 15.4. The lowest BCUT2D eigenvalue weighted by atomic mass is 9.93. The van der Waals surface area contributed by atoms with Gasteiger partial charge in [-0.15, -0.1) is 0 Å². The van der Waals surface area contributed by atoms with Crippen LogP contribution < -0.4 is 15.5 Å². The highest BCUT2D eigenvalue weighted by Crippen LogP contribution is 2.54. The van der Waals surface area contributed by atoms with Crippen LogP contribution in [0.1, 0.15) is 15.9 Å². The molecule has 0 saturated carbocycles. The van der Waals surface area contributed by atoms with Crippen LogP contribution in [0.3, 0.4) is 0 Å². The van der Waals surface area contributed by atoms with E-state index in [1.807, 2.05) is 5.32 Å². The Morgan fingerprint density at radius 3 is 2.09 bits per heavy atom. The summed E-state index contributed by atoms with van der Waals surface area (Å²) in [7, 11) is 0. The van der Waals surface area contributed by atoms with Crippen molar-refractivity contribution in [2.45, 2.75) is 24.6 Å². The predicted molar refractivity (Wildman–Crippen MR) is 100 cm³/mol. The molecule has 33 heavy (non-hydrogen) atoms. The van der Waals surface area contributed by atoms with Crippen molar-refractivity contribution in [3.8, 4) is 5.75 Å². The third-order valence-corrected chi connectivity index (χ3v) is 4.90. The Kier molecular flexibility index (Phi) is 7.62. The molecule has 0 aliphatic carbocycles. The molecule has 0 bridgehead atoms. The van der Waals surface area contributed by atoms with Crippen LogP contribution in [-0.2, 0) is 5.67 Å². The van der Waals surface area contributed by atoms with Crippen LogP contribution >= 0.6 is 22.6 Å². The molecule has 0 spiro atoms. The van der Waals surface area contributed by atoms with Crippen LogP contribution in [0.5, 0.6) is 5.75 Å². The molecular formula is C17H9F10IN2O3. The van der Waals surface area contributed by atoms with Crippen molar-refractivity contribution >= 4 is 39.9 Å². The van der Waals surface area contributed by atoms with Gasteiger partial charge < -0.3 is 10.1 Å². The second-order valence-electron chi connectivity index (χ2n) is 6.10. The van der Waals surface area contributed by atoms with Crippen molar-refractivity contribution < 1.29 is 58.6 Å². The number of anilines is 2. The Morgan fingerprint density at radius 1 is 1.03 bits per heavy atom. The highest BCUT2D eigenvalue weighted by molar-refractivity contribution is 14.1. The van der Waals surface area contributed by atoms with E-state index in [4.69, 9.17) is 5.21 Å². The Morgan fingerprint density at radius 2 is 1.61 bits per heavy atom. The summed E-state index contributed by atoms with van der Waals surface area (Å²) < 4.78 is 135. The van der Waals surface area contributed by atoms with E-state index in [-0.39, 0.29) is 12.1 Å². The molecule has 1 amide bonds. The Hall–Kier alpha value is -2.50. The summed E-state index contributed by atoms with van der Waals surface area (Å²) in [5.41, 5.74) is -8.97. The van der Waals surface area contributed by atoms with Gasteiger partial charge >= 0.3 is 24.6 Å². The minimum atomic E-state index is -6.54. The summed E-state index contributed by atoms with van der Waals surface area (Å²) in [6.07, 6.45) is -13.1. The number of rotatable bonds is 6. The molecule has 0 radical (unpaired) electrons. The third kappa shape index (κ3) is 5.20. The second-order valence-corrected chi connectivity index (χ2v) is 7.26. The van der Waals surface area contributed by atoms with Crippen LogP contribution in [0, 0.1) is 9.39 Å². The van der Waals surface area contributed by atoms with Gasteiger partial charge in [0.2, 0.25) is 0 Å². The fourth-order valence-corrected chi connectivity index (χ4v) is 3.29. The monoisotopic (exact) mass is 606 g/mol. The number of hydrogen-bond donors (Lipinski definition) is 3. The van der Waals surface area contributed by atoms with Crippen molar-refractivity contribution in [2.75, 3.05) is 10.8 Å². The molecule has 5 nitrogen and oxygen atoms in total. The average molecular weight is 606 g/mol. The van der Waals surface area contributed by atoms with Gasteiger partial charge in [-0.3, -0.25) is 15.5 Å². The zero-order valence-corrected chi connectivity index (χ0v) is 17.5. The minimum absolute atomic E-state index is 0.0114. The fourth-order valence-electron chi connectivity index (χ4n) is 2.55. The maximum absolute atomic E-state index is 14.4. The first-order valence-electron chi connectivity index (χ1n) is 8.15. The summed E-state index contributed by atoms with van der Waals surface area (Å²) >= 11 is 1.04. The van der Waals surface area contributed by atoms with Gasteiger partial charge in [-0.1, -0.05) is 6.07 Å². The average Bonchev–Trinajstić information content (AvgIpc) is 2.67. The number of halogens is 11. The van der Waals surface area contributed by atoms with E-state index < -0.39 is 68.2 Å². The lowest BCUT2D eigenvalue weighted by molar-refractivity contribution is -0.348. The predicted octanol–water partition coefficient (Wildman–Crippen LogP) is 6.37. The van der Waals surface area contributed by atoms with Crippen molar-refractivity contribution in [1.82, 2.24) is 0 Å². The Labute approximate surface area is 190 Å². The number of ether oxygens (including phenoxy) is 1. The van der Waals surface area contributed by atoms with Crippen molar-refractivity contribution in [2.24, 2.45) is 0 Å². The van der Waals surface area contributed by atoms with Gasteiger partial charge in [0.15, 0.2) is 11.6 Å². The van der Waals surface area contributed by atoms with Crippen LogP contribution in [0.25, 0.3) is 0 Å². The normalized spacial score (nSPS) is 12.6. The standard InChI is InChI=1S/C17H9F10IN2O3/c18-11-7(2-1-3-9(11)30-32)13(31)29-12-8(28)4-6(5-10(12)33-14(19)20)15(21,16(22,23)24)17(25,26)27/h1-5,14,30,32H,(H,29,31). The smallest absolute Gasteiger partial charge is 0.433 e. The van der Waals surface area contributed by atoms with Crippen molar-refractivity contribution in [3.63, 3.8) is 0 Å². The molecule has 0 heterocycles. The first kappa shape index (κ1) is 26.7. The number of nitrogens with one attached hydrogen (secondary N) is 2. The lowest BCUT2D eigenvalue weighted by Gasteiger charge is -2.31. The molecule has 16 heteroatoms. The van der Waals surface area contributed by atoms with E-state index in [0.717, 1.165) is 40.8 Å². The maximum atomic E-state index is 14.4. The highest BCUT2D eigenvalue weighted by Gasteiger charge is 2.73. The van der Waals surface area contributed by atoms with Crippen LogP contribution in [-0.4, -0.2) is 30.1 Å².